The second kappa shape index (κ2) is 6.41. The fraction of sp³-hybridized carbons (Fsp3) is 0.467. The first-order chi connectivity index (χ1) is 9.17. The summed E-state index contributed by atoms with van der Waals surface area (Å²) in [5, 5.41) is 11.9. The molecule has 1 rings (SSSR count). The molecule has 5 heteroatoms. The summed E-state index contributed by atoms with van der Waals surface area (Å²) in [6, 6.07) is 5.73. The number of esters is 1. The number of phenols is 1. The van der Waals surface area contributed by atoms with Crippen LogP contribution < -0.4 is 5.32 Å². The normalized spacial score (nSPS) is 12.6. The maximum atomic E-state index is 11.8. The first-order valence-electron chi connectivity index (χ1n) is 6.47. The van der Waals surface area contributed by atoms with Crippen LogP contribution in [0, 0.1) is 0 Å². The molecule has 0 bridgehead atoms. The van der Waals surface area contributed by atoms with Gasteiger partial charge in [0.2, 0.25) is 5.91 Å². The van der Waals surface area contributed by atoms with Gasteiger partial charge in [-0.25, -0.2) is 4.79 Å². The van der Waals surface area contributed by atoms with E-state index in [2.05, 4.69) is 5.32 Å². The molecule has 0 aliphatic heterocycles. The van der Waals surface area contributed by atoms with Gasteiger partial charge < -0.3 is 15.2 Å². The van der Waals surface area contributed by atoms with Gasteiger partial charge in [-0.05, 0) is 45.4 Å². The maximum Gasteiger partial charge on any atom is 0.328 e. The molecule has 0 saturated heterocycles. The number of benzene rings is 1. The summed E-state index contributed by atoms with van der Waals surface area (Å²) >= 11 is 0. The molecule has 110 valence electrons. The van der Waals surface area contributed by atoms with Crippen molar-refractivity contribution in [3.63, 3.8) is 0 Å². The summed E-state index contributed by atoms with van der Waals surface area (Å²) in [6.45, 7) is 6.89. The molecule has 0 radical (unpaired) electrons. The van der Waals surface area contributed by atoms with Crippen molar-refractivity contribution in [3.05, 3.63) is 29.8 Å². The molecular weight excluding hydrogens is 258 g/mol. The van der Waals surface area contributed by atoms with Gasteiger partial charge in [0.15, 0.2) is 0 Å². The number of hydrogen-bond donors (Lipinski definition) is 2. The lowest BCUT2D eigenvalue weighted by molar-refractivity contribution is -0.158. The summed E-state index contributed by atoms with van der Waals surface area (Å²) in [4.78, 5) is 23.5. The van der Waals surface area contributed by atoms with Gasteiger partial charge in [0.25, 0.3) is 0 Å². The molecule has 20 heavy (non-hydrogen) atoms. The zero-order valence-corrected chi connectivity index (χ0v) is 12.3. The molecule has 1 aromatic carbocycles. The van der Waals surface area contributed by atoms with Crippen LogP contribution in [0.1, 0.15) is 33.3 Å². The Morgan fingerprint density at radius 3 is 2.55 bits per heavy atom. The Morgan fingerprint density at radius 2 is 2.00 bits per heavy atom. The van der Waals surface area contributed by atoms with Gasteiger partial charge in [0.05, 0.1) is 6.42 Å². The number of rotatable bonds is 4. The molecule has 5 nitrogen and oxygen atoms in total. The van der Waals surface area contributed by atoms with Crippen LogP contribution in [0.4, 0.5) is 0 Å². The lowest BCUT2D eigenvalue weighted by Gasteiger charge is -2.22. The Labute approximate surface area is 118 Å². The molecule has 0 aliphatic rings. The number of carbonyl (C=O) groups excluding carboxylic acids is 2. The molecule has 0 aliphatic carbocycles. The molecule has 0 spiro atoms. The minimum absolute atomic E-state index is 0.0987. The second-order valence-corrected chi connectivity index (χ2v) is 5.67. The van der Waals surface area contributed by atoms with Crippen LogP contribution in [0.3, 0.4) is 0 Å². The van der Waals surface area contributed by atoms with Crippen LogP contribution in [-0.2, 0) is 20.7 Å². The lowest BCUT2D eigenvalue weighted by atomic mass is 10.1. The SMILES string of the molecule is C[C@H](NC(=O)Cc1cccc(O)c1)C(=O)OC(C)(C)C. The summed E-state index contributed by atoms with van der Waals surface area (Å²) in [5.74, 6) is -0.661. The van der Waals surface area contributed by atoms with Gasteiger partial charge in [0, 0.05) is 0 Å². The fourth-order valence-corrected chi connectivity index (χ4v) is 1.59. The van der Waals surface area contributed by atoms with Gasteiger partial charge in [0.1, 0.15) is 17.4 Å². The second-order valence-electron chi connectivity index (χ2n) is 5.67. The van der Waals surface area contributed by atoms with E-state index >= 15 is 0 Å². The van der Waals surface area contributed by atoms with Crippen LogP contribution in [0.5, 0.6) is 5.75 Å². The number of amides is 1. The predicted molar refractivity (Wildman–Crippen MR) is 75.3 cm³/mol. The lowest BCUT2D eigenvalue weighted by Crippen LogP contribution is -2.42. The third kappa shape index (κ3) is 5.73. The average Bonchev–Trinajstić information content (AvgIpc) is 2.26. The number of carbonyl (C=O) groups is 2. The van der Waals surface area contributed by atoms with E-state index in [1.165, 1.54) is 12.1 Å². The van der Waals surface area contributed by atoms with Crippen LogP contribution in [0.15, 0.2) is 24.3 Å². The molecule has 0 saturated carbocycles. The van der Waals surface area contributed by atoms with Gasteiger partial charge in [-0.3, -0.25) is 4.79 Å². The molecule has 2 N–H and O–H groups in total. The van der Waals surface area contributed by atoms with Crippen molar-refractivity contribution in [2.45, 2.75) is 45.8 Å². The number of phenolic OH excluding ortho intramolecular Hbond substituents is 1. The first-order valence-corrected chi connectivity index (χ1v) is 6.47. The van der Waals surface area contributed by atoms with Crippen molar-refractivity contribution in [1.29, 1.82) is 0 Å². The first kappa shape index (κ1) is 16.0. The van der Waals surface area contributed by atoms with Crippen molar-refractivity contribution in [3.8, 4) is 5.75 Å². The standard InChI is InChI=1S/C15H21NO4/c1-10(14(19)20-15(2,3)4)16-13(18)9-11-6-5-7-12(17)8-11/h5-8,10,17H,9H2,1-4H3,(H,16,18)/t10-/m0/s1. The molecule has 1 aromatic rings. The van der Waals surface area contributed by atoms with Crippen LogP contribution in [0.2, 0.25) is 0 Å². The highest BCUT2D eigenvalue weighted by Gasteiger charge is 2.22. The average molecular weight is 279 g/mol. The summed E-state index contributed by atoms with van der Waals surface area (Å²) < 4.78 is 5.18. The van der Waals surface area contributed by atoms with Crippen molar-refractivity contribution in [2.24, 2.45) is 0 Å². The van der Waals surface area contributed by atoms with E-state index < -0.39 is 17.6 Å². The van der Waals surface area contributed by atoms with E-state index in [9.17, 15) is 14.7 Å². The highest BCUT2D eigenvalue weighted by molar-refractivity contribution is 5.85. The van der Waals surface area contributed by atoms with Gasteiger partial charge in [-0.15, -0.1) is 0 Å². The predicted octanol–water partition coefficient (Wildman–Crippen LogP) is 1.78. The Balaban J connectivity index is 2.52. The summed E-state index contributed by atoms with van der Waals surface area (Å²) in [7, 11) is 0. The third-order valence-corrected chi connectivity index (χ3v) is 2.41. The molecule has 0 heterocycles. The Hall–Kier alpha value is -2.04. The molecule has 1 atom stereocenters. The Morgan fingerprint density at radius 1 is 1.35 bits per heavy atom. The monoisotopic (exact) mass is 279 g/mol. The molecule has 1 amide bonds. The number of aromatic hydroxyl groups is 1. The minimum Gasteiger partial charge on any atom is -0.508 e. The highest BCUT2D eigenvalue weighted by Crippen LogP contribution is 2.12. The zero-order chi connectivity index (χ0) is 15.3. The van der Waals surface area contributed by atoms with Crippen LogP contribution in [0.25, 0.3) is 0 Å². The van der Waals surface area contributed by atoms with E-state index in [0.29, 0.717) is 5.56 Å². The largest absolute Gasteiger partial charge is 0.508 e. The molecule has 0 aromatic heterocycles. The molecule has 0 fully saturated rings. The van der Waals surface area contributed by atoms with Gasteiger partial charge in [-0.1, -0.05) is 12.1 Å². The van der Waals surface area contributed by atoms with E-state index in [0.717, 1.165) is 0 Å². The van der Waals surface area contributed by atoms with Crippen LogP contribution >= 0.6 is 0 Å². The maximum absolute atomic E-state index is 11.8. The van der Waals surface area contributed by atoms with Crippen molar-refractivity contribution >= 4 is 11.9 Å². The highest BCUT2D eigenvalue weighted by atomic mass is 16.6. The van der Waals surface area contributed by atoms with E-state index in [-0.39, 0.29) is 18.1 Å². The molecule has 0 unspecified atom stereocenters. The topological polar surface area (TPSA) is 75.6 Å². The number of ether oxygens (including phenoxy) is 1. The van der Waals surface area contributed by atoms with E-state index in [1.54, 1.807) is 39.8 Å². The minimum atomic E-state index is -0.709. The Bertz CT molecular complexity index is 491. The van der Waals surface area contributed by atoms with E-state index in [1.807, 2.05) is 0 Å². The van der Waals surface area contributed by atoms with Gasteiger partial charge >= 0.3 is 5.97 Å². The Kier molecular flexibility index (Phi) is 5.13. The summed E-state index contributed by atoms with van der Waals surface area (Å²) in [6.07, 6.45) is 0.0987. The number of nitrogens with one attached hydrogen (secondary N) is 1. The quantitative estimate of drug-likeness (QED) is 0.824. The third-order valence-electron chi connectivity index (χ3n) is 2.41. The van der Waals surface area contributed by atoms with E-state index in [4.69, 9.17) is 4.74 Å². The number of hydrogen-bond acceptors (Lipinski definition) is 4. The summed E-state index contributed by atoms with van der Waals surface area (Å²) in [5.41, 5.74) is 0.0975. The van der Waals surface area contributed by atoms with Crippen molar-refractivity contribution in [2.75, 3.05) is 0 Å². The van der Waals surface area contributed by atoms with Gasteiger partial charge in [-0.2, -0.15) is 0 Å². The van der Waals surface area contributed by atoms with Crippen molar-refractivity contribution in [1.82, 2.24) is 5.32 Å². The zero-order valence-electron chi connectivity index (χ0n) is 12.3. The van der Waals surface area contributed by atoms with Crippen molar-refractivity contribution < 1.29 is 19.4 Å². The van der Waals surface area contributed by atoms with Crippen LogP contribution in [-0.4, -0.2) is 28.6 Å². The fourth-order valence-electron chi connectivity index (χ4n) is 1.59. The smallest absolute Gasteiger partial charge is 0.328 e. The molecular formula is C15H21NO4.